The molecule has 2 rings (SSSR count). The van der Waals surface area contributed by atoms with E-state index in [1.165, 1.54) is 0 Å². The highest BCUT2D eigenvalue weighted by atomic mass is 79.9. The summed E-state index contributed by atoms with van der Waals surface area (Å²) in [6, 6.07) is 3.54. The molecule has 1 aliphatic rings. The Hall–Kier alpha value is -1.07. The number of hydrogen-bond acceptors (Lipinski definition) is 4. The lowest BCUT2D eigenvalue weighted by atomic mass is 10.1. The van der Waals surface area contributed by atoms with Gasteiger partial charge in [-0.1, -0.05) is 0 Å². The first kappa shape index (κ1) is 12.4. The maximum absolute atomic E-state index is 11.8. The molecule has 4 nitrogen and oxygen atoms in total. The molecule has 0 fully saturated rings. The number of hydrogen-bond donors (Lipinski definition) is 1. The standard InChI is InChI=1S/C12H14BrNO3/c1-14-7-10(15)8-5-11-12(6-9(8)13)17-4-2-3-16-11/h5-6,14H,2-4,7H2,1H3. The van der Waals surface area contributed by atoms with Crippen LogP contribution in [0.15, 0.2) is 16.6 Å². The smallest absolute Gasteiger partial charge is 0.177 e. The summed E-state index contributed by atoms with van der Waals surface area (Å²) in [5.41, 5.74) is 0.614. The van der Waals surface area contributed by atoms with Crippen molar-refractivity contribution < 1.29 is 14.3 Å². The van der Waals surface area contributed by atoms with E-state index >= 15 is 0 Å². The Morgan fingerprint density at radius 2 is 2.00 bits per heavy atom. The minimum Gasteiger partial charge on any atom is -0.490 e. The van der Waals surface area contributed by atoms with E-state index in [0.29, 0.717) is 36.8 Å². The zero-order valence-electron chi connectivity index (χ0n) is 9.59. The van der Waals surface area contributed by atoms with E-state index < -0.39 is 0 Å². The van der Waals surface area contributed by atoms with Crippen molar-refractivity contribution >= 4 is 21.7 Å². The molecule has 0 radical (unpaired) electrons. The molecular formula is C12H14BrNO3. The lowest BCUT2D eigenvalue weighted by Gasteiger charge is -2.10. The van der Waals surface area contributed by atoms with Gasteiger partial charge in [0.1, 0.15) is 0 Å². The monoisotopic (exact) mass is 299 g/mol. The molecule has 92 valence electrons. The summed E-state index contributed by atoms with van der Waals surface area (Å²) in [6.07, 6.45) is 0.853. The van der Waals surface area contributed by atoms with Crippen LogP contribution >= 0.6 is 15.9 Å². The van der Waals surface area contributed by atoms with Crippen molar-refractivity contribution in [3.05, 3.63) is 22.2 Å². The fourth-order valence-corrected chi connectivity index (χ4v) is 2.20. The number of rotatable bonds is 3. The molecular weight excluding hydrogens is 286 g/mol. The summed E-state index contributed by atoms with van der Waals surface area (Å²) in [6.45, 7) is 1.57. The van der Waals surface area contributed by atoms with Crippen LogP contribution in [-0.4, -0.2) is 32.6 Å². The number of carbonyl (C=O) groups is 1. The first-order valence-electron chi connectivity index (χ1n) is 5.49. The van der Waals surface area contributed by atoms with E-state index in [1.54, 1.807) is 19.2 Å². The zero-order valence-corrected chi connectivity index (χ0v) is 11.2. The zero-order chi connectivity index (χ0) is 12.3. The normalized spacial score (nSPS) is 14.2. The Bertz CT molecular complexity index is 434. The van der Waals surface area contributed by atoms with Crippen molar-refractivity contribution in [2.75, 3.05) is 26.8 Å². The molecule has 0 aliphatic carbocycles. The molecule has 17 heavy (non-hydrogen) atoms. The second-order valence-electron chi connectivity index (χ2n) is 3.78. The quantitative estimate of drug-likeness (QED) is 0.868. The summed E-state index contributed by atoms with van der Waals surface area (Å²) in [7, 11) is 1.74. The van der Waals surface area contributed by atoms with Gasteiger partial charge in [0, 0.05) is 16.5 Å². The lowest BCUT2D eigenvalue weighted by molar-refractivity contribution is 0.0992. The summed E-state index contributed by atoms with van der Waals surface area (Å²) in [4.78, 5) is 11.8. The van der Waals surface area contributed by atoms with Crippen molar-refractivity contribution in [1.82, 2.24) is 5.32 Å². The maximum atomic E-state index is 11.8. The molecule has 1 aromatic carbocycles. The van der Waals surface area contributed by atoms with Gasteiger partial charge in [-0.3, -0.25) is 4.79 Å². The number of carbonyl (C=O) groups excluding carboxylic acids is 1. The number of ketones is 1. The fraction of sp³-hybridized carbons (Fsp3) is 0.417. The van der Waals surface area contributed by atoms with Crippen LogP contribution in [0.25, 0.3) is 0 Å². The number of benzene rings is 1. The minimum atomic E-state index is 0.0232. The van der Waals surface area contributed by atoms with Crippen molar-refractivity contribution in [2.45, 2.75) is 6.42 Å². The van der Waals surface area contributed by atoms with Gasteiger partial charge in [-0.2, -0.15) is 0 Å². The average Bonchev–Trinajstić information content (AvgIpc) is 2.52. The van der Waals surface area contributed by atoms with Gasteiger partial charge in [0.15, 0.2) is 17.3 Å². The van der Waals surface area contributed by atoms with Gasteiger partial charge >= 0.3 is 0 Å². The molecule has 1 aliphatic heterocycles. The molecule has 1 heterocycles. The van der Waals surface area contributed by atoms with Crippen LogP contribution in [0.2, 0.25) is 0 Å². The first-order valence-corrected chi connectivity index (χ1v) is 6.28. The van der Waals surface area contributed by atoms with Gasteiger partial charge in [0.2, 0.25) is 0 Å². The fourth-order valence-electron chi connectivity index (χ4n) is 1.65. The topological polar surface area (TPSA) is 47.6 Å². The Morgan fingerprint density at radius 1 is 1.35 bits per heavy atom. The molecule has 0 amide bonds. The molecule has 0 saturated heterocycles. The van der Waals surface area contributed by atoms with Crippen molar-refractivity contribution in [3.63, 3.8) is 0 Å². The van der Waals surface area contributed by atoms with E-state index in [2.05, 4.69) is 21.2 Å². The van der Waals surface area contributed by atoms with Gasteiger partial charge < -0.3 is 14.8 Å². The highest BCUT2D eigenvalue weighted by Gasteiger charge is 2.17. The minimum absolute atomic E-state index is 0.0232. The Labute approximate surface area is 108 Å². The maximum Gasteiger partial charge on any atom is 0.177 e. The summed E-state index contributed by atoms with van der Waals surface area (Å²) in [5, 5.41) is 2.84. The predicted molar refractivity (Wildman–Crippen MR) is 68.0 cm³/mol. The van der Waals surface area contributed by atoms with Crippen LogP contribution < -0.4 is 14.8 Å². The highest BCUT2D eigenvalue weighted by Crippen LogP contribution is 2.35. The Kier molecular flexibility index (Phi) is 4.02. The third-order valence-corrected chi connectivity index (χ3v) is 3.13. The van der Waals surface area contributed by atoms with Crippen molar-refractivity contribution in [3.8, 4) is 11.5 Å². The number of likely N-dealkylation sites (N-methyl/N-ethyl adjacent to an activating group) is 1. The highest BCUT2D eigenvalue weighted by molar-refractivity contribution is 9.10. The van der Waals surface area contributed by atoms with Crippen LogP contribution in [0.5, 0.6) is 11.5 Å². The van der Waals surface area contributed by atoms with Gasteiger partial charge in [-0.05, 0) is 35.1 Å². The predicted octanol–water partition coefficient (Wildman–Crippen LogP) is 2.01. The largest absolute Gasteiger partial charge is 0.490 e. The molecule has 0 atom stereocenters. The Morgan fingerprint density at radius 3 is 2.65 bits per heavy atom. The second kappa shape index (κ2) is 5.51. The third kappa shape index (κ3) is 2.79. The van der Waals surface area contributed by atoms with E-state index in [0.717, 1.165) is 10.9 Å². The Balaban J connectivity index is 2.35. The molecule has 1 aromatic rings. The molecule has 1 N–H and O–H groups in total. The number of fused-ring (bicyclic) bond motifs is 1. The SMILES string of the molecule is CNCC(=O)c1cc2c(cc1Br)OCCCO2. The molecule has 0 saturated carbocycles. The number of Topliss-reactive ketones (excluding diaryl/α,β-unsaturated/α-hetero) is 1. The second-order valence-corrected chi connectivity index (χ2v) is 4.64. The van der Waals surface area contributed by atoms with Gasteiger partial charge in [-0.25, -0.2) is 0 Å². The van der Waals surface area contributed by atoms with E-state index in [4.69, 9.17) is 9.47 Å². The van der Waals surface area contributed by atoms with Crippen LogP contribution in [0.3, 0.4) is 0 Å². The third-order valence-electron chi connectivity index (χ3n) is 2.47. The summed E-state index contributed by atoms with van der Waals surface area (Å²) >= 11 is 3.39. The summed E-state index contributed by atoms with van der Waals surface area (Å²) < 4.78 is 11.8. The molecule has 0 unspecified atom stereocenters. The van der Waals surface area contributed by atoms with Crippen molar-refractivity contribution in [1.29, 1.82) is 0 Å². The van der Waals surface area contributed by atoms with Crippen LogP contribution in [0.1, 0.15) is 16.8 Å². The van der Waals surface area contributed by atoms with Crippen LogP contribution in [0.4, 0.5) is 0 Å². The van der Waals surface area contributed by atoms with Gasteiger partial charge in [0.25, 0.3) is 0 Å². The van der Waals surface area contributed by atoms with Crippen molar-refractivity contribution in [2.24, 2.45) is 0 Å². The first-order chi connectivity index (χ1) is 8.22. The van der Waals surface area contributed by atoms with Gasteiger partial charge in [0.05, 0.1) is 19.8 Å². The van der Waals surface area contributed by atoms with Gasteiger partial charge in [-0.15, -0.1) is 0 Å². The van der Waals surface area contributed by atoms with Crippen LogP contribution in [0, 0.1) is 0 Å². The number of ether oxygens (including phenoxy) is 2. The number of nitrogens with one attached hydrogen (secondary N) is 1. The molecule has 5 heteroatoms. The van der Waals surface area contributed by atoms with E-state index in [9.17, 15) is 4.79 Å². The average molecular weight is 300 g/mol. The molecule has 0 bridgehead atoms. The molecule has 0 aromatic heterocycles. The molecule has 0 spiro atoms. The van der Waals surface area contributed by atoms with E-state index in [-0.39, 0.29) is 5.78 Å². The lowest BCUT2D eigenvalue weighted by Crippen LogP contribution is -2.19. The van der Waals surface area contributed by atoms with Crippen LogP contribution in [-0.2, 0) is 0 Å². The van der Waals surface area contributed by atoms with E-state index in [1.807, 2.05) is 0 Å². The number of halogens is 1. The summed E-state index contributed by atoms with van der Waals surface area (Å²) in [5.74, 6) is 1.36.